The highest BCUT2D eigenvalue weighted by molar-refractivity contribution is 8.15. The molecule has 0 aromatic heterocycles. The molecule has 1 heterocycles. The average Bonchev–Trinajstić information content (AvgIpc) is 2.74. The number of nitrogens with one attached hydrogen (secondary N) is 1. The molecule has 0 aliphatic carbocycles. The second-order valence-electron chi connectivity index (χ2n) is 3.55. The number of hydrogen-bond acceptors (Lipinski definition) is 4. The Morgan fingerprint density at radius 1 is 1.31 bits per heavy atom. The molecule has 0 fully saturated rings. The van der Waals surface area contributed by atoms with Crippen LogP contribution >= 0.6 is 11.8 Å². The third-order valence-electron chi connectivity index (χ3n) is 2.44. The number of thioether (sulfide) groups is 1. The Balaban J connectivity index is 2.13. The monoisotopic (exact) mass is 235 g/mol. The minimum atomic E-state index is 0.283. The Labute approximate surface area is 101 Å². The molecule has 3 nitrogen and oxygen atoms in total. The van der Waals surface area contributed by atoms with Gasteiger partial charge in [0.15, 0.2) is 0 Å². The van der Waals surface area contributed by atoms with Crippen molar-refractivity contribution in [1.29, 1.82) is 0 Å². The highest BCUT2D eigenvalue weighted by Gasteiger charge is 2.25. The summed E-state index contributed by atoms with van der Waals surface area (Å²) in [6.07, 6.45) is 0. The summed E-state index contributed by atoms with van der Waals surface area (Å²) in [7, 11) is 0. The molecule has 1 N–H and O–H groups in total. The predicted octanol–water partition coefficient (Wildman–Crippen LogP) is 2.31. The summed E-state index contributed by atoms with van der Waals surface area (Å²) in [5.41, 5.74) is 1.48. The summed E-state index contributed by atoms with van der Waals surface area (Å²) < 4.78 is 0. The molecule has 1 atom stereocenters. The number of hydrogen-bond donors (Lipinski definition) is 1. The Kier molecular flexibility index (Phi) is 3.85. The van der Waals surface area contributed by atoms with E-state index < -0.39 is 0 Å². The van der Waals surface area contributed by atoms with E-state index in [2.05, 4.69) is 53.5 Å². The van der Waals surface area contributed by atoms with Crippen LogP contribution in [0.3, 0.4) is 0 Å². The molecule has 1 aliphatic rings. The highest BCUT2D eigenvalue weighted by atomic mass is 32.2. The molecule has 86 valence electrons. The van der Waals surface area contributed by atoms with Crippen molar-refractivity contribution in [3.05, 3.63) is 35.9 Å². The minimum absolute atomic E-state index is 0.283. The first-order valence-corrected chi connectivity index (χ1v) is 6.53. The van der Waals surface area contributed by atoms with Crippen molar-refractivity contribution < 1.29 is 0 Å². The van der Waals surface area contributed by atoms with Crippen LogP contribution < -0.4 is 5.32 Å². The van der Waals surface area contributed by atoms with Gasteiger partial charge in [-0.3, -0.25) is 10.3 Å². The number of rotatable bonds is 4. The van der Waals surface area contributed by atoms with Crippen molar-refractivity contribution in [2.45, 2.75) is 19.3 Å². The van der Waals surface area contributed by atoms with Crippen LogP contribution in [0.15, 0.2) is 35.4 Å². The second kappa shape index (κ2) is 5.37. The molecule has 0 saturated heterocycles. The molecule has 2 rings (SSSR count). The van der Waals surface area contributed by atoms with Crippen LogP contribution in [-0.2, 0) is 0 Å². The van der Waals surface area contributed by atoms with Gasteiger partial charge in [0.05, 0.1) is 0 Å². The van der Waals surface area contributed by atoms with Crippen molar-refractivity contribution in [3.8, 4) is 0 Å². The normalized spacial score (nSPS) is 20.0. The van der Waals surface area contributed by atoms with Gasteiger partial charge in [-0.05, 0) is 13.5 Å². The maximum atomic E-state index is 4.63. The van der Waals surface area contributed by atoms with Crippen LogP contribution in [0.4, 0.5) is 0 Å². The number of hydrazone groups is 1. The maximum Gasteiger partial charge on any atom is 0.150 e. The number of nitrogens with zero attached hydrogens (tertiary/aromatic N) is 2. The van der Waals surface area contributed by atoms with Crippen LogP contribution in [0.1, 0.15) is 19.4 Å². The summed E-state index contributed by atoms with van der Waals surface area (Å²) in [5.74, 6) is 0. The molecular weight excluding hydrogens is 218 g/mol. The molecule has 16 heavy (non-hydrogen) atoms. The first kappa shape index (κ1) is 11.5. The van der Waals surface area contributed by atoms with E-state index in [-0.39, 0.29) is 5.50 Å². The van der Waals surface area contributed by atoms with Crippen LogP contribution in [0, 0.1) is 0 Å². The van der Waals surface area contributed by atoms with Crippen LogP contribution in [0.5, 0.6) is 0 Å². The predicted molar refractivity (Wildman–Crippen MR) is 70.4 cm³/mol. The molecule has 1 aromatic carbocycles. The van der Waals surface area contributed by atoms with Gasteiger partial charge in [-0.1, -0.05) is 49.0 Å². The Hall–Kier alpha value is -1.00. The minimum Gasteiger partial charge on any atom is -0.287 e. The smallest absolute Gasteiger partial charge is 0.150 e. The Bertz CT molecular complexity index is 364. The highest BCUT2D eigenvalue weighted by Crippen LogP contribution is 2.27. The van der Waals surface area contributed by atoms with Gasteiger partial charge in [0, 0.05) is 12.1 Å². The summed E-state index contributed by atoms with van der Waals surface area (Å²) in [5, 5.41) is 11.2. The first-order valence-electron chi connectivity index (χ1n) is 5.65. The van der Waals surface area contributed by atoms with E-state index in [1.807, 2.05) is 6.07 Å². The summed E-state index contributed by atoms with van der Waals surface area (Å²) in [6, 6.07) is 10.3. The van der Waals surface area contributed by atoms with Crippen LogP contribution in [-0.4, -0.2) is 28.6 Å². The molecular formula is C12H17N3S. The lowest BCUT2D eigenvalue weighted by Gasteiger charge is -2.20. The van der Waals surface area contributed by atoms with Crippen molar-refractivity contribution in [2.24, 2.45) is 5.10 Å². The SMILES string of the molecule is CCNC1SC(c2ccccc2)=NN1CC. The fraction of sp³-hybridized carbons (Fsp3) is 0.417. The summed E-state index contributed by atoms with van der Waals surface area (Å²) >= 11 is 1.79. The van der Waals surface area contributed by atoms with Crippen molar-refractivity contribution in [2.75, 3.05) is 13.1 Å². The van der Waals surface area contributed by atoms with E-state index in [1.165, 1.54) is 5.56 Å². The zero-order valence-electron chi connectivity index (χ0n) is 9.68. The zero-order valence-corrected chi connectivity index (χ0v) is 10.5. The van der Waals surface area contributed by atoms with Gasteiger partial charge in [0.2, 0.25) is 0 Å². The molecule has 0 amide bonds. The van der Waals surface area contributed by atoms with Crippen LogP contribution in [0.25, 0.3) is 0 Å². The van der Waals surface area contributed by atoms with E-state index in [4.69, 9.17) is 0 Å². The van der Waals surface area contributed by atoms with Crippen LogP contribution in [0.2, 0.25) is 0 Å². The topological polar surface area (TPSA) is 27.6 Å². The molecule has 0 saturated carbocycles. The second-order valence-corrected chi connectivity index (χ2v) is 4.62. The van der Waals surface area contributed by atoms with E-state index in [1.54, 1.807) is 11.8 Å². The average molecular weight is 235 g/mol. The molecule has 0 spiro atoms. The molecule has 1 aliphatic heterocycles. The Morgan fingerprint density at radius 2 is 2.06 bits per heavy atom. The lowest BCUT2D eigenvalue weighted by atomic mass is 10.2. The molecule has 1 unspecified atom stereocenters. The largest absolute Gasteiger partial charge is 0.287 e. The quantitative estimate of drug-likeness (QED) is 0.868. The fourth-order valence-electron chi connectivity index (χ4n) is 1.62. The number of benzene rings is 1. The third-order valence-corrected chi connectivity index (χ3v) is 3.61. The van der Waals surface area contributed by atoms with Gasteiger partial charge in [-0.25, -0.2) is 0 Å². The molecule has 4 heteroatoms. The first-order chi connectivity index (χ1) is 7.85. The molecule has 0 bridgehead atoms. The van der Waals surface area contributed by atoms with Gasteiger partial charge < -0.3 is 0 Å². The van der Waals surface area contributed by atoms with Gasteiger partial charge in [0.25, 0.3) is 0 Å². The lowest BCUT2D eigenvalue weighted by molar-refractivity contribution is 0.262. The van der Waals surface area contributed by atoms with Crippen molar-refractivity contribution in [1.82, 2.24) is 10.3 Å². The van der Waals surface area contributed by atoms with E-state index in [0.29, 0.717) is 0 Å². The van der Waals surface area contributed by atoms with Gasteiger partial charge in [-0.15, -0.1) is 0 Å². The zero-order chi connectivity index (χ0) is 11.4. The molecule has 0 radical (unpaired) electrons. The molecule has 1 aromatic rings. The van der Waals surface area contributed by atoms with Crippen molar-refractivity contribution in [3.63, 3.8) is 0 Å². The summed E-state index contributed by atoms with van der Waals surface area (Å²) in [6.45, 7) is 6.14. The summed E-state index contributed by atoms with van der Waals surface area (Å²) in [4.78, 5) is 0. The standard InChI is InChI=1S/C12H17N3S/c1-3-13-12-15(4-2)14-11(16-12)10-8-6-5-7-9-10/h5-9,12-13H,3-4H2,1-2H3. The van der Waals surface area contributed by atoms with E-state index in [9.17, 15) is 0 Å². The van der Waals surface area contributed by atoms with E-state index >= 15 is 0 Å². The fourth-order valence-corrected chi connectivity index (χ4v) is 2.83. The van der Waals surface area contributed by atoms with Gasteiger partial charge in [0.1, 0.15) is 10.5 Å². The van der Waals surface area contributed by atoms with Gasteiger partial charge >= 0.3 is 0 Å². The van der Waals surface area contributed by atoms with Gasteiger partial charge in [-0.2, -0.15) is 5.10 Å². The lowest BCUT2D eigenvalue weighted by Crippen LogP contribution is -2.37. The van der Waals surface area contributed by atoms with Crippen molar-refractivity contribution >= 4 is 16.8 Å². The maximum absolute atomic E-state index is 4.63. The third kappa shape index (κ3) is 2.39. The van der Waals surface area contributed by atoms with E-state index in [0.717, 1.165) is 18.1 Å². The Morgan fingerprint density at radius 3 is 2.69 bits per heavy atom.